The maximum absolute atomic E-state index is 10.3. The number of aliphatic carboxylic acids is 1. The highest BCUT2D eigenvalue weighted by Gasteiger charge is 2.26. The van der Waals surface area contributed by atoms with Gasteiger partial charge in [0.15, 0.2) is 6.29 Å². The molecule has 0 aliphatic heterocycles. The van der Waals surface area contributed by atoms with Crippen LogP contribution in [0.15, 0.2) is 0 Å². The van der Waals surface area contributed by atoms with Crippen molar-refractivity contribution in [2.45, 2.75) is 38.1 Å². The normalized spacial score (nSPS) is 13.7. The first-order valence-electron chi connectivity index (χ1n) is 6.08. The van der Waals surface area contributed by atoms with Crippen LogP contribution in [-0.2, 0) is 14.3 Å². The highest BCUT2D eigenvalue weighted by atomic mass is 16.7. The molecule has 0 saturated carbocycles. The Balaban J connectivity index is 4.12. The van der Waals surface area contributed by atoms with Gasteiger partial charge in [0.05, 0.1) is 0 Å². The van der Waals surface area contributed by atoms with Crippen molar-refractivity contribution >= 4 is 5.97 Å². The summed E-state index contributed by atoms with van der Waals surface area (Å²) in [5.41, 5.74) is 0. The molecule has 110 valence electrons. The predicted octanol–water partition coefficient (Wildman–Crippen LogP) is 0.223. The van der Waals surface area contributed by atoms with Gasteiger partial charge in [0.2, 0.25) is 0 Å². The smallest absolute Gasteiger partial charge is 0.303 e. The molecule has 0 rings (SSSR count). The molecule has 2 atom stereocenters. The summed E-state index contributed by atoms with van der Waals surface area (Å²) < 4.78 is 9.84. The molecule has 0 spiro atoms. The summed E-state index contributed by atoms with van der Waals surface area (Å²) in [6.45, 7) is -0.228. The third-order valence-electron chi connectivity index (χ3n) is 2.64. The number of methoxy groups -OCH3 is 2. The van der Waals surface area contributed by atoms with Crippen molar-refractivity contribution in [3.8, 4) is 11.8 Å². The van der Waals surface area contributed by atoms with Gasteiger partial charge in [-0.1, -0.05) is 0 Å². The number of hydrogen-bond acceptors (Lipinski definition) is 5. The molecule has 0 aromatic carbocycles. The first-order chi connectivity index (χ1) is 9.06. The second-order valence-electron chi connectivity index (χ2n) is 4.08. The molecule has 0 aromatic heterocycles. The number of aliphatic hydroxyl groups is 2. The average Bonchev–Trinajstić information content (AvgIpc) is 2.38. The molecule has 0 saturated heterocycles. The Kier molecular flexibility index (Phi) is 10.1. The number of unbranched alkanes of at least 4 members (excludes halogenated alkanes) is 1. The topological polar surface area (TPSA) is 96.2 Å². The van der Waals surface area contributed by atoms with E-state index in [0.29, 0.717) is 19.3 Å². The van der Waals surface area contributed by atoms with Gasteiger partial charge >= 0.3 is 5.97 Å². The van der Waals surface area contributed by atoms with Crippen molar-refractivity contribution in [1.29, 1.82) is 0 Å². The van der Waals surface area contributed by atoms with E-state index < -0.39 is 24.3 Å². The lowest BCUT2D eigenvalue weighted by atomic mass is 9.99. The van der Waals surface area contributed by atoms with E-state index in [0.717, 1.165) is 0 Å². The maximum Gasteiger partial charge on any atom is 0.303 e. The summed E-state index contributed by atoms with van der Waals surface area (Å²) in [5.74, 6) is 4.34. The molecular weight excluding hydrogens is 252 g/mol. The van der Waals surface area contributed by atoms with Crippen molar-refractivity contribution in [2.75, 3.05) is 20.8 Å². The lowest BCUT2D eigenvalue weighted by Crippen LogP contribution is -2.37. The Morgan fingerprint density at radius 3 is 2.37 bits per heavy atom. The highest BCUT2D eigenvalue weighted by Crippen LogP contribution is 2.14. The zero-order chi connectivity index (χ0) is 14.7. The van der Waals surface area contributed by atoms with Crippen LogP contribution >= 0.6 is 0 Å². The molecule has 3 N–H and O–H groups in total. The number of hydrogen-bond donors (Lipinski definition) is 3. The first kappa shape index (κ1) is 17.9. The summed E-state index contributed by atoms with van der Waals surface area (Å²) in [6.07, 6.45) is -0.393. The third-order valence-corrected chi connectivity index (χ3v) is 2.64. The quantitative estimate of drug-likeness (QED) is 0.316. The number of rotatable bonds is 9. The molecule has 0 fully saturated rings. The minimum Gasteiger partial charge on any atom is -0.481 e. The van der Waals surface area contributed by atoms with Gasteiger partial charge in [-0.15, -0.1) is 11.8 Å². The summed E-state index contributed by atoms with van der Waals surface area (Å²) in [4.78, 5) is 10.3. The molecule has 0 radical (unpaired) electrons. The summed E-state index contributed by atoms with van der Waals surface area (Å²) >= 11 is 0. The molecule has 2 unspecified atom stereocenters. The Hall–Kier alpha value is -1.13. The Morgan fingerprint density at radius 2 is 1.89 bits per heavy atom. The molecule has 0 amide bonds. The van der Waals surface area contributed by atoms with Crippen LogP contribution in [0.3, 0.4) is 0 Å². The maximum atomic E-state index is 10.3. The van der Waals surface area contributed by atoms with Crippen molar-refractivity contribution in [3.63, 3.8) is 0 Å². The van der Waals surface area contributed by atoms with Crippen LogP contribution in [0.25, 0.3) is 0 Å². The minimum absolute atomic E-state index is 0.0934. The second kappa shape index (κ2) is 10.8. The van der Waals surface area contributed by atoms with Crippen LogP contribution in [0.5, 0.6) is 0 Å². The summed E-state index contributed by atoms with van der Waals surface area (Å²) in [6, 6.07) is 0. The molecule has 0 aromatic rings. The average molecular weight is 274 g/mol. The lowest BCUT2D eigenvalue weighted by molar-refractivity contribution is -0.181. The second-order valence-corrected chi connectivity index (χ2v) is 4.08. The number of carboxylic acid groups (broad SMARTS) is 1. The van der Waals surface area contributed by atoms with E-state index in [1.54, 1.807) is 0 Å². The van der Waals surface area contributed by atoms with Gasteiger partial charge in [-0.2, -0.15) is 0 Å². The highest BCUT2D eigenvalue weighted by molar-refractivity contribution is 5.66. The fourth-order valence-electron chi connectivity index (χ4n) is 1.51. The van der Waals surface area contributed by atoms with Gasteiger partial charge < -0.3 is 24.8 Å². The van der Waals surface area contributed by atoms with Gasteiger partial charge in [-0.05, 0) is 6.42 Å². The predicted molar refractivity (Wildman–Crippen MR) is 68.3 cm³/mol. The van der Waals surface area contributed by atoms with Crippen LogP contribution < -0.4 is 0 Å². The molecule has 0 bridgehead atoms. The third kappa shape index (κ3) is 7.80. The summed E-state index contributed by atoms with van der Waals surface area (Å²) in [7, 11) is 2.81. The van der Waals surface area contributed by atoms with Gasteiger partial charge in [0.25, 0.3) is 0 Å². The number of carbonyl (C=O) groups is 1. The van der Waals surface area contributed by atoms with Crippen LogP contribution in [0, 0.1) is 17.8 Å². The Bertz CT molecular complexity index is 302. The SMILES string of the molecule is COC(OC)C(O)C(CO)CC#CCCCC(=O)O. The first-order valence-corrected chi connectivity index (χ1v) is 6.08. The molecule has 6 nitrogen and oxygen atoms in total. The van der Waals surface area contributed by atoms with Crippen molar-refractivity contribution < 1.29 is 29.6 Å². The monoisotopic (exact) mass is 274 g/mol. The number of aliphatic hydroxyl groups excluding tert-OH is 2. The molecule has 0 aliphatic carbocycles. The van der Waals surface area contributed by atoms with E-state index in [9.17, 15) is 15.0 Å². The van der Waals surface area contributed by atoms with E-state index in [1.807, 2.05) is 0 Å². The molecule has 6 heteroatoms. The van der Waals surface area contributed by atoms with Crippen LogP contribution in [-0.4, -0.2) is 54.5 Å². The minimum atomic E-state index is -0.965. The van der Waals surface area contributed by atoms with E-state index in [4.69, 9.17) is 14.6 Å². The van der Waals surface area contributed by atoms with E-state index >= 15 is 0 Å². The van der Waals surface area contributed by atoms with Gasteiger partial charge in [0, 0.05) is 46.0 Å². The zero-order valence-corrected chi connectivity index (χ0v) is 11.3. The van der Waals surface area contributed by atoms with Crippen LogP contribution in [0.4, 0.5) is 0 Å². The van der Waals surface area contributed by atoms with E-state index in [-0.39, 0.29) is 13.0 Å². The van der Waals surface area contributed by atoms with E-state index in [1.165, 1.54) is 14.2 Å². The standard InChI is InChI=1S/C13H22O6/c1-18-13(19-2)12(17)10(9-14)7-5-3-4-6-8-11(15)16/h10,12-14,17H,4,6-9H2,1-2H3,(H,15,16). The van der Waals surface area contributed by atoms with Crippen LogP contribution in [0.2, 0.25) is 0 Å². The number of carboxylic acids is 1. The van der Waals surface area contributed by atoms with Gasteiger partial charge in [0.1, 0.15) is 6.10 Å². The molecule has 0 heterocycles. The van der Waals surface area contributed by atoms with Crippen molar-refractivity contribution in [1.82, 2.24) is 0 Å². The van der Waals surface area contributed by atoms with Crippen molar-refractivity contribution in [3.05, 3.63) is 0 Å². The van der Waals surface area contributed by atoms with Gasteiger partial charge in [-0.25, -0.2) is 0 Å². The Labute approximate surface area is 113 Å². The van der Waals surface area contributed by atoms with Gasteiger partial charge in [-0.3, -0.25) is 4.79 Å². The number of ether oxygens (including phenoxy) is 2. The van der Waals surface area contributed by atoms with E-state index in [2.05, 4.69) is 11.8 Å². The molecule has 0 aliphatic rings. The fourth-order valence-corrected chi connectivity index (χ4v) is 1.51. The largest absolute Gasteiger partial charge is 0.481 e. The Morgan fingerprint density at radius 1 is 1.26 bits per heavy atom. The lowest BCUT2D eigenvalue weighted by Gasteiger charge is -2.25. The zero-order valence-electron chi connectivity index (χ0n) is 11.3. The fraction of sp³-hybridized carbons (Fsp3) is 0.769. The molecular formula is C13H22O6. The summed E-state index contributed by atoms with van der Waals surface area (Å²) in [5, 5.41) is 27.5. The van der Waals surface area contributed by atoms with Crippen LogP contribution in [0.1, 0.15) is 25.7 Å². The van der Waals surface area contributed by atoms with Crippen molar-refractivity contribution in [2.24, 2.45) is 5.92 Å². The molecule has 19 heavy (non-hydrogen) atoms.